The van der Waals surface area contributed by atoms with Gasteiger partial charge in [-0.2, -0.15) is 0 Å². The molecule has 2 aliphatic rings. The summed E-state index contributed by atoms with van der Waals surface area (Å²) in [6.07, 6.45) is 3.94. The number of likely N-dealkylation sites (tertiary alicyclic amines) is 1. The first-order valence-electron chi connectivity index (χ1n) is 11.8. The SMILES string of the molecule is CCN1CCCCC1CNC(=NC)N1CCN(Cc2cc(OC)c(OC)c(OC)c2)CC1.I. The first kappa shape index (κ1) is 27.8. The van der Waals surface area contributed by atoms with Gasteiger partial charge in [0.2, 0.25) is 5.75 Å². The van der Waals surface area contributed by atoms with Crippen LogP contribution in [0.15, 0.2) is 17.1 Å². The summed E-state index contributed by atoms with van der Waals surface area (Å²) in [6, 6.07) is 4.70. The van der Waals surface area contributed by atoms with Gasteiger partial charge in [0.05, 0.1) is 21.3 Å². The van der Waals surface area contributed by atoms with E-state index in [9.17, 15) is 0 Å². The van der Waals surface area contributed by atoms with Crippen molar-refractivity contribution in [1.82, 2.24) is 20.0 Å². The maximum atomic E-state index is 5.50. The number of piperazine rings is 1. The molecule has 2 aliphatic heterocycles. The van der Waals surface area contributed by atoms with Crippen molar-refractivity contribution >= 4 is 29.9 Å². The molecule has 188 valence electrons. The molecule has 9 heteroatoms. The zero-order valence-electron chi connectivity index (χ0n) is 20.9. The van der Waals surface area contributed by atoms with E-state index in [0.29, 0.717) is 23.3 Å². The normalized spacial score (nSPS) is 20.2. The zero-order valence-corrected chi connectivity index (χ0v) is 23.3. The highest BCUT2D eigenvalue weighted by atomic mass is 127. The third-order valence-electron chi connectivity index (χ3n) is 6.67. The number of guanidine groups is 1. The molecular formula is C24H42IN5O3. The molecule has 2 saturated heterocycles. The van der Waals surface area contributed by atoms with Gasteiger partial charge in [-0.25, -0.2) is 0 Å². The number of piperidine rings is 1. The topological polar surface area (TPSA) is 61.8 Å². The lowest BCUT2D eigenvalue weighted by atomic mass is 10.0. The third kappa shape index (κ3) is 7.26. The van der Waals surface area contributed by atoms with E-state index in [1.165, 1.54) is 25.8 Å². The van der Waals surface area contributed by atoms with Crippen LogP contribution < -0.4 is 19.5 Å². The summed E-state index contributed by atoms with van der Waals surface area (Å²) in [4.78, 5) is 12.0. The summed E-state index contributed by atoms with van der Waals surface area (Å²) >= 11 is 0. The molecule has 0 saturated carbocycles. The van der Waals surface area contributed by atoms with Crippen LogP contribution in [0.4, 0.5) is 0 Å². The van der Waals surface area contributed by atoms with Crippen LogP contribution in [-0.4, -0.2) is 101 Å². The summed E-state index contributed by atoms with van der Waals surface area (Å²) < 4.78 is 16.5. The molecule has 3 rings (SSSR count). The van der Waals surface area contributed by atoms with Gasteiger partial charge in [-0.05, 0) is 43.6 Å². The van der Waals surface area contributed by atoms with Crippen LogP contribution in [-0.2, 0) is 6.54 Å². The van der Waals surface area contributed by atoms with Crippen LogP contribution in [0.2, 0.25) is 0 Å². The number of nitrogens with one attached hydrogen (secondary N) is 1. The summed E-state index contributed by atoms with van der Waals surface area (Å²) in [6.45, 7) is 10.4. The number of likely N-dealkylation sites (N-methyl/N-ethyl adjacent to an activating group) is 1. The molecule has 0 radical (unpaired) electrons. The molecule has 2 fully saturated rings. The fraction of sp³-hybridized carbons (Fsp3) is 0.708. The molecule has 1 unspecified atom stereocenters. The van der Waals surface area contributed by atoms with Crippen LogP contribution in [0.1, 0.15) is 31.7 Å². The van der Waals surface area contributed by atoms with Gasteiger partial charge in [-0.3, -0.25) is 14.8 Å². The van der Waals surface area contributed by atoms with E-state index >= 15 is 0 Å². The van der Waals surface area contributed by atoms with Crippen molar-refractivity contribution in [3.05, 3.63) is 17.7 Å². The Balaban J connectivity index is 0.00000385. The van der Waals surface area contributed by atoms with E-state index in [4.69, 9.17) is 14.2 Å². The second-order valence-corrected chi connectivity index (χ2v) is 8.50. The van der Waals surface area contributed by atoms with Gasteiger partial charge in [-0.1, -0.05) is 13.3 Å². The molecular weight excluding hydrogens is 533 g/mol. The quantitative estimate of drug-likeness (QED) is 0.291. The summed E-state index contributed by atoms with van der Waals surface area (Å²) in [7, 11) is 6.84. The molecule has 1 atom stereocenters. The molecule has 0 spiro atoms. The Kier molecular flexibility index (Phi) is 11.8. The highest BCUT2D eigenvalue weighted by molar-refractivity contribution is 14.0. The van der Waals surface area contributed by atoms with Crippen molar-refractivity contribution in [2.75, 3.05) is 74.2 Å². The third-order valence-corrected chi connectivity index (χ3v) is 6.67. The van der Waals surface area contributed by atoms with E-state index in [1.807, 2.05) is 19.2 Å². The van der Waals surface area contributed by atoms with Crippen molar-refractivity contribution in [1.29, 1.82) is 0 Å². The molecule has 2 heterocycles. The van der Waals surface area contributed by atoms with Crippen molar-refractivity contribution < 1.29 is 14.2 Å². The Labute approximate surface area is 216 Å². The zero-order chi connectivity index (χ0) is 22.9. The smallest absolute Gasteiger partial charge is 0.203 e. The molecule has 1 N–H and O–H groups in total. The number of hydrogen-bond donors (Lipinski definition) is 1. The average Bonchev–Trinajstić information content (AvgIpc) is 2.84. The number of aliphatic imine (C=N–C) groups is 1. The second-order valence-electron chi connectivity index (χ2n) is 8.50. The minimum atomic E-state index is 0. The first-order valence-corrected chi connectivity index (χ1v) is 11.8. The lowest BCUT2D eigenvalue weighted by molar-refractivity contribution is 0.152. The van der Waals surface area contributed by atoms with Crippen LogP contribution in [0.25, 0.3) is 0 Å². The summed E-state index contributed by atoms with van der Waals surface area (Å²) in [5, 5.41) is 3.65. The number of hydrogen-bond acceptors (Lipinski definition) is 6. The maximum Gasteiger partial charge on any atom is 0.203 e. The Morgan fingerprint density at radius 1 is 1.00 bits per heavy atom. The van der Waals surface area contributed by atoms with E-state index in [2.05, 4.69) is 31.9 Å². The summed E-state index contributed by atoms with van der Waals surface area (Å²) in [5.41, 5.74) is 1.16. The van der Waals surface area contributed by atoms with Crippen LogP contribution in [0.5, 0.6) is 17.2 Å². The highest BCUT2D eigenvalue weighted by Crippen LogP contribution is 2.38. The fourth-order valence-electron chi connectivity index (χ4n) is 4.85. The molecule has 1 aromatic carbocycles. The number of methoxy groups -OCH3 is 3. The van der Waals surface area contributed by atoms with Crippen LogP contribution in [0.3, 0.4) is 0 Å². The van der Waals surface area contributed by atoms with E-state index in [-0.39, 0.29) is 24.0 Å². The van der Waals surface area contributed by atoms with Gasteiger partial charge in [0.15, 0.2) is 17.5 Å². The lowest BCUT2D eigenvalue weighted by Crippen LogP contribution is -2.54. The van der Waals surface area contributed by atoms with Crippen molar-refractivity contribution in [2.24, 2.45) is 4.99 Å². The van der Waals surface area contributed by atoms with Gasteiger partial charge in [0, 0.05) is 52.4 Å². The minimum absolute atomic E-state index is 0. The first-order chi connectivity index (χ1) is 15.6. The molecule has 0 aliphatic carbocycles. The minimum Gasteiger partial charge on any atom is -0.493 e. The predicted octanol–water partition coefficient (Wildman–Crippen LogP) is 2.90. The van der Waals surface area contributed by atoms with Gasteiger partial charge in [0.1, 0.15) is 0 Å². The average molecular weight is 576 g/mol. The van der Waals surface area contributed by atoms with E-state index in [1.54, 1.807) is 21.3 Å². The van der Waals surface area contributed by atoms with Gasteiger partial charge >= 0.3 is 0 Å². The Bertz CT molecular complexity index is 731. The molecule has 8 nitrogen and oxygen atoms in total. The van der Waals surface area contributed by atoms with Crippen LogP contribution >= 0.6 is 24.0 Å². The maximum absolute atomic E-state index is 5.50. The molecule has 0 bridgehead atoms. The largest absolute Gasteiger partial charge is 0.493 e. The van der Waals surface area contributed by atoms with E-state index in [0.717, 1.165) is 57.3 Å². The highest BCUT2D eigenvalue weighted by Gasteiger charge is 2.24. The molecule has 33 heavy (non-hydrogen) atoms. The van der Waals surface area contributed by atoms with Crippen molar-refractivity contribution in [3.8, 4) is 17.2 Å². The molecule has 1 aromatic rings. The van der Waals surface area contributed by atoms with Crippen molar-refractivity contribution in [2.45, 2.75) is 38.8 Å². The lowest BCUT2D eigenvalue weighted by Gasteiger charge is -2.38. The number of ether oxygens (including phenoxy) is 3. The number of benzene rings is 1. The van der Waals surface area contributed by atoms with Crippen molar-refractivity contribution in [3.63, 3.8) is 0 Å². The fourth-order valence-corrected chi connectivity index (χ4v) is 4.85. The summed E-state index contributed by atoms with van der Waals surface area (Å²) in [5.74, 6) is 3.07. The number of rotatable bonds is 8. The Morgan fingerprint density at radius 3 is 2.21 bits per heavy atom. The Morgan fingerprint density at radius 2 is 1.67 bits per heavy atom. The standard InChI is InChI=1S/C24H41N5O3.HI/c1-6-28-10-8-7-9-20(28)17-26-24(25-2)29-13-11-27(12-14-29)18-19-15-21(30-3)23(32-5)22(16-19)31-4;/h15-16,20H,6-14,17-18H2,1-5H3,(H,25,26);1H. The van der Waals surface area contributed by atoms with Gasteiger partial charge in [0.25, 0.3) is 0 Å². The van der Waals surface area contributed by atoms with Crippen LogP contribution in [0, 0.1) is 0 Å². The second kappa shape index (κ2) is 14.1. The van der Waals surface area contributed by atoms with Gasteiger partial charge in [-0.15, -0.1) is 24.0 Å². The molecule has 0 aromatic heterocycles. The van der Waals surface area contributed by atoms with E-state index < -0.39 is 0 Å². The Hall–Kier alpha value is -1.46. The molecule has 0 amide bonds. The number of halogens is 1. The monoisotopic (exact) mass is 575 g/mol. The predicted molar refractivity (Wildman–Crippen MR) is 145 cm³/mol. The number of nitrogens with zero attached hydrogens (tertiary/aromatic N) is 4. The van der Waals surface area contributed by atoms with Gasteiger partial charge < -0.3 is 24.4 Å².